The minimum atomic E-state index is 0.293. The zero-order chi connectivity index (χ0) is 7.84. The van der Waals surface area contributed by atoms with Gasteiger partial charge in [-0.05, 0) is 18.6 Å². The number of allylic oxidation sites excluding steroid dienone is 1. The molecule has 1 aliphatic heterocycles. The van der Waals surface area contributed by atoms with E-state index in [0.717, 1.165) is 17.1 Å². The Kier molecular flexibility index (Phi) is 1.15. The lowest BCUT2D eigenvalue weighted by Crippen LogP contribution is -1.76. The highest BCUT2D eigenvalue weighted by atomic mass is 16.6. The van der Waals surface area contributed by atoms with Gasteiger partial charge in [-0.3, -0.25) is 0 Å². The van der Waals surface area contributed by atoms with E-state index in [0.29, 0.717) is 12.2 Å². The quantitative estimate of drug-likeness (QED) is 0.523. The van der Waals surface area contributed by atoms with Crippen LogP contribution in [0.5, 0.6) is 17.2 Å². The highest BCUT2D eigenvalue weighted by Gasteiger charge is 2.25. The molecule has 0 fully saturated rings. The molecule has 2 heteroatoms. The first kappa shape index (κ1) is 6.28. The van der Waals surface area contributed by atoms with Crippen LogP contribution in [0.4, 0.5) is 0 Å². The fourth-order valence-corrected chi connectivity index (χ4v) is 1.12. The zero-order valence-electron chi connectivity index (χ0n) is 6.00. The highest BCUT2D eigenvalue weighted by molar-refractivity contribution is 5.64. The normalized spacial score (nSPS) is 11.6. The Morgan fingerprint density at radius 3 is 3.09 bits per heavy atom. The summed E-state index contributed by atoms with van der Waals surface area (Å²) in [5, 5.41) is 9.33. The Morgan fingerprint density at radius 1 is 1.55 bits per heavy atom. The molecule has 0 saturated carbocycles. The minimum Gasteiger partial charge on any atom is -0.508 e. The molecule has 0 spiro atoms. The van der Waals surface area contributed by atoms with Crippen molar-refractivity contribution in [3.05, 3.63) is 30.4 Å². The van der Waals surface area contributed by atoms with E-state index in [1.807, 2.05) is 0 Å². The monoisotopic (exact) mass is 148 g/mol. The Labute approximate surface area is 64.7 Å². The Bertz CT molecular complexity index is 312. The molecule has 1 N–H and O–H groups in total. The molecule has 1 aromatic rings. The van der Waals surface area contributed by atoms with Crippen LogP contribution in [-0.2, 0) is 6.42 Å². The number of hydrogen-bond donors (Lipinski definition) is 1. The molecule has 1 aliphatic rings. The molecule has 0 aliphatic carbocycles. The molecule has 0 radical (unpaired) electrons. The van der Waals surface area contributed by atoms with Gasteiger partial charge in [0, 0.05) is 5.56 Å². The molecular weight excluding hydrogens is 140 g/mol. The number of ether oxygens (including phenoxy) is 1. The van der Waals surface area contributed by atoms with E-state index in [1.54, 1.807) is 18.2 Å². The summed E-state index contributed by atoms with van der Waals surface area (Å²) < 4.78 is 5.09. The first-order valence-electron chi connectivity index (χ1n) is 3.46. The van der Waals surface area contributed by atoms with Gasteiger partial charge in [-0.2, -0.15) is 0 Å². The summed E-state index contributed by atoms with van der Waals surface area (Å²) in [7, 11) is 0. The first-order chi connectivity index (χ1) is 5.33. The average Bonchev–Trinajstić information content (AvgIpc) is 2.74. The number of hydrogen-bond acceptors (Lipinski definition) is 2. The largest absolute Gasteiger partial charge is 0.508 e. The van der Waals surface area contributed by atoms with Crippen LogP contribution in [0.3, 0.4) is 0 Å². The Balaban J connectivity index is 2.46. The molecule has 0 amide bonds. The molecule has 0 aromatic heterocycles. The third-order valence-corrected chi connectivity index (χ3v) is 1.72. The second-order valence-electron chi connectivity index (χ2n) is 2.49. The number of phenols is 1. The van der Waals surface area contributed by atoms with Gasteiger partial charge in [-0.15, -0.1) is 6.58 Å². The maximum atomic E-state index is 9.33. The fourth-order valence-electron chi connectivity index (χ4n) is 1.12. The van der Waals surface area contributed by atoms with Crippen LogP contribution in [0.2, 0.25) is 0 Å². The first-order valence-corrected chi connectivity index (χ1v) is 3.46. The lowest BCUT2D eigenvalue weighted by molar-refractivity contribution is 0.469. The topological polar surface area (TPSA) is 32.8 Å². The van der Waals surface area contributed by atoms with E-state index >= 15 is 0 Å². The number of phenolic OH excluding ortho intramolecular Hbond substituents is 1. The van der Waals surface area contributed by atoms with Crippen LogP contribution < -0.4 is 4.74 Å². The van der Waals surface area contributed by atoms with Gasteiger partial charge in [0.25, 0.3) is 0 Å². The zero-order valence-corrected chi connectivity index (χ0v) is 6.00. The summed E-state index contributed by atoms with van der Waals surface area (Å²) in [6.45, 7) is 3.59. The van der Waals surface area contributed by atoms with Gasteiger partial charge in [0.1, 0.15) is 5.75 Å². The number of aromatic hydroxyl groups is 1. The summed E-state index contributed by atoms with van der Waals surface area (Å²) >= 11 is 0. The number of fused-ring (bicyclic) bond motifs is 1. The van der Waals surface area contributed by atoms with E-state index in [2.05, 4.69) is 6.58 Å². The van der Waals surface area contributed by atoms with Crippen LogP contribution in [0.1, 0.15) is 5.56 Å². The molecule has 0 unspecified atom stereocenters. The van der Waals surface area contributed by atoms with Crippen LogP contribution in [0.15, 0.2) is 24.8 Å². The van der Waals surface area contributed by atoms with E-state index < -0.39 is 0 Å². The van der Waals surface area contributed by atoms with Crippen molar-refractivity contribution in [1.29, 1.82) is 0 Å². The van der Waals surface area contributed by atoms with Gasteiger partial charge in [0.15, 0.2) is 11.5 Å². The van der Waals surface area contributed by atoms with Crippen LogP contribution >= 0.6 is 0 Å². The standard InChI is InChI=1S/C9H8O2/c1-2-3-6-7(10)4-5-8-9(6)11-8/h2,4-5,10H,1,3H2. The van der Waals surface area contributed by atoms with Gasteiger partial charge in [-0.25, -0.2) is 0 Å². The van der Waals surface area contributed by atoms with Gasteiger partial charge < -0.3 is 9.84 Å². The van der Waals surface area contributed by atoms with E-state index in [4.69, 9.17) is 4.74 Å². The van der Waals surface area contributed by atoms with Gasteiger partial charge in [0.2, 0.25) is 0 Å². The molecule has 0 atom stereocenters. The average molecular weight is 148 g/mol. The summed E-state index contributed by atoms with van der Waals surface area (Å²) in [6.07, 6.45) is 2.41. The Morgan fingerprint density at radius 2 is 2.36 bits per heavy atom. The molecule has 56 valence electrons. The van der Waals surface area contributed by atoms with E-state index in [9.17, 15) is 5.11 Å². The van der Waals surface area contributed by atoms with Gasteiger partial charge >= 0.3 is 0 Å². The lowest BCUT2D eigenvalue weighted by atomic mass is 10.1. The predicted molar refractivity (Wildman–Crippen MR) is 42.1 cm³/mol. The minimum absolute atomic E-state index is 0.293. The van der Waals surface area contributed by atoms with E-state index in [1.165, 1.54) is 0 Å². The van der Waals surface area contributed by atoms with E-state index in [-0.39, 0.29) is 0 Å². The summed E-state index contributed by atoms with van der Waals surface area (Å²) in [4.78, 5) is 0. The predicted octanol–water partition coefficient (Wildman–Crippen LogP) is 2.23. The maximum Gasteiger partial charge on any atom is 0.177 e. The van der Waals surface area contributed by atoms with Crippen molar-refractivity contribution in [2.24, 2.45) is 0 Å². The van der Waals surface area contributed by atoms with Crippen molar-refractivity contribution in [2.45, 2.75) is 6.42 Å². The number of benzene rings is 1. The Hall–Kier alpha value is -1.44. The van der Waals surface area contributed by atoms with Crippen molar-refractivity contribution in [1.82, 2.24) is 0 Å². The van der Waals surface area contributed by atoms with Crippen LogP contribution in [0, 0.1) is 0 Å². The molecule has 0 saturated heterocycles. The second kappa shape index (κ2) is 2.02. The molecule has 2 rings (SSSR count). The highest BCUT2D eigenvalue weighted by Crippen LogP contribution is 2.51. The summed E-state index contributed by atoms with van der Waals surface area (Å²) in [5.41, 5.74) is 0.845. The molecular formula is C9H8O2. The molecule has 2 nitrogen and oxygen atoms in total. The number of rotatable bonds is 2. The smallest absolute Gasteiger partial charge is 0.177 e. The van der Waals surface area contributed by atoms with Gasteiger partial charge in [-0.1, -0.05) is 6.08 Å². The van der Waals surface area contributed by atoms with Crippen LogP contribution in [0.25, 0.3) is 0 Å². The van der Waals surface area contributed by atoms with Crippen molar-refractivity contribution in [2.75, 3.05) is 0 Å². The molecule has 11 heavy (non-hydrogen) atoms. The maximum absolute atomic E-state index is 9.33. The molecule has 0 bridgehead atoms. The summed E-state index contributed by atoms with van der Waals surface area (Å²) in [6, 6.07) is 3.40. The van der Waals surface area contributed by atoms with Crippen molar-refractivity contribution in [3.8, 4) is 17.2 Å². The fraction of sp³-hybridized carbons (Fsp3) is 0.111. The lowest BCUT2D eigenvalue weighted by Gasteiger charge is -1.94. The summed E-state index contributed by atoms with van der Waals surface area (Å²) in [5.74, 6) is 1.99. The second-order valence-corrected chi connectivity index (χ2v) is 2.49. The van der Waals surface area contributed by atoms with Crippen LogP contribution in [-0.4, -0.2) is 5.11 Å². The van der Waals surface area contributed by atoms with Crippen molar-refractivity contribution < 1.29 is 9.84 Å². The molecule has 1 heterocycles. The third kappa shape index (κ3) is 0.871. The van der Waals surface area contributed by atoms with Crippen molar-refractivity contribution >= 4 is 0 Å². The van der Waals surface area contributed by atoms with Crippen molar-refractivity contribution in [3.63, 3.8) is 0 Å². The third-order valence-electron chi connectivity index (χ3n) is 1.72. The molecule has 1 aromatic carbocycles. The van der Waals surface area contributed by atoms with Gasteiger partial charge in [0.05, 0.1) is 0 Å². The SMILES string of the molecule is C=CCc1c(O)ccc2c1O2.